The van der Waals surface area contributed by atoms with Gasteiger partial charge in [-0.1, -0.05) is 13.3 Å². The first-order valence-electron chi connectivity index (χ1n) is 6.72. The molecule has 1 rings (SSSR count). The second kappa shape index (κ2) is 7.28. The van der Waals surface area contributed by atoms with Crippen LogP contribution >= 0.6 is 0 Å². The third-order valence-corrected chi connectivity index (χ3v) is 3.17. The summed E-state index contributed by atoms with van der Waals surface area (Å²) in [6, 6.07) is -1.19. The molecule has 0 aliphatic heterocycles. The first-order valence-corrected chi connectivity index (χ1v) is 6.72. The van der Waals surface area contributed by atoms with E-state index < -0.39 is 36.4 Å². The van der Waals surface area contributed by atoms with Crippen molar-refractivity contribution in [3.8, 4) is 0 Å². The van der Waals surface area contributed by atoms with E-state index in [1.165, 1.54) is 24.0 Å². The summed E-state index contributed by atoms with van der Waals surface area (Å²) in [5, 5.41) is 11.0. The number of nitrogens with one attached hydrogen (secondary N) is 1. The van der Waals surface area contributed by atoms with Crippen molar-refractivity contribution in [1.82, 2.24) is 14.9 Å². The molecule has 0 unspecified atom stereocenters. The number of amides is 1. The van der Waals surface area contributed by atoms with Crippen LogP contribution in [0.2, 0.25) is 0 Å². The molecule has 9 heteroatoms. The highest BCUT2D eigenvalue weighted by atomic mass is 19.4. The van der Waals surface area contributed by atoms with Crippen LogP contribution in [0.5, 0.6) is 0 Å². The number of carboxylic acid groups (broad SMARTS) is 1. The van der Waals surface area contributed by atoms with E-state index in [9.17, 15) is 22.8 Å². The van der Waals surface area contributed by atoms with Gasteiger partial charge in [0.1, 0.15) is 17.8 Å². The molecule has 22 heavy (non-hydrogen) atoms. The number of rotatable bonds is 7. The maximum Gasteiger partial charge on any atom is 0.399 e. The molecule has 0 aliphatic carbocycles. The molecule has 0 saturated heterocycles. The van der Waals surface area contributed by atoms with Gasteiger partial charge < -0.3 is 15.0 Å². The topological polar surface area (TPSA) is 84.2 Å². The maximum absolute atomic E-state index is 13.1. The highest BCUT2D eigenvalue weighted by Crippen LogP contribution is 2.36. The van der Waals surface area contributed by atoms with Gasteiger partial charge in [-0.25, -0.2) is 9.78 Å². The molecule has 0 saturated carbocycles. The quantitative estimate of drug-likeness (QED) is 0.802. The summed E-state index contributed by atoms with van der Waals surface area (Å²) in [5.41, 5.74) is 0. The van der Waals surface area contributed by atoms with Crippen molar-refractivity contribution in [3.05, 3.63) is 18.2 Å². The third kappa shape index (κ3) is 4.74. The number of carbonyl (C=O) groups is 2. The molecule has 2 atom stereocenters. The number of alkyl halides is 3. The number of hydrogen-bond donors (Lipinski definition) is 2. The van der Waals surface area contributed by atoms with Gasteiger partial charge in [0.25, 0.3) is 0 Å². The number of carboxylic acids is 1. The van der Waals surface area contributed by atoms with Crippen LogP contribution in [0.25, 0.3) is 0 Å². The van der Waals surface area contributed by atoms with Crippen molar-refractivity contribution in [2.75, 3.05) is 0 Å². The Labute approximate surface area is 125 Å². The molecule has 1 aromatic heterocycles. The Morgan fingerprint density at radius 2 is 2.09 bits per heavy atom. The molecule has 1 aromatic rings. The zero-order valence-electron chi connectivity index (χ0n) is 12.2. The van der Waals surface area contributed by atoms with E-state index in [0.717, 1.165) is 0 Å². The van der Waals surface area contributed by atoms with Crippen molar-refractivity contribution >= 4 is 11.9 Å². The van der Waals surface area contributed by atoms with E-state index in [2.05, 4.69) is 10.3 Å². The second-order valence-electron chi connectivity index (χ2n) is 4.94. The first-order chi connectivity index (χ1) is 10.2. The largest absolute Gasteiger partial charge is 0.480 e. The zero-order valence-corrected chi connectivity index (χ0v) is 12.2. The highest BCUT2D eigenvalue weighted by molar-refractivity contribution is 5.83. The van der Waals surface area contributed by atoms with Gasteiger partial charge >= 0.3 is 12.1 Å². The lowest BCUT2D eigenvalue weighted by Crippen LogP contribution is -2.42. The summed E-state index contributed by atoms with van der Waals surface area (Å²) in [6.07, 6.45) is -2.35. The average Bonchev–Trinajstić information content (AvgIpc) is 2.80. The zero-order chi connectivity index (χ0) is 16.9. The van der Waals surface area contributed by atoms with Gasteiger partial charge in [-0.2, -0.15) is 13.2 Å². The Morgan fingerprint density at radius 3 is 2.50 bits per heavy atom. The Bertz CT molecular complexity index is 528. The van der Waals surface area contributed by atoms with Gasteiger partial charge in [0.15, 0.2) is 0 Å². The lowest BCUT2D eigenvalue weighted by Gasteiger charge is -2.21. The lowest BCUT2D eigenvalue weighted by atomic mass is 10.0. The SMILES string of the molecule is CCC[C@@H](NC(=O)C[C@@H](c1nccn1C)C(F)(F)F)C(=O)O. The van der Waals surface area contributed by atoms with Crippen molar-refractivity contribution in [2.45, 2.75) is 44.3 Å². The smallest absolute Gasteiger partial charge is 0.399 e. The fourth-order valence-electron chi connectivity index (χ4n) is 2.05. The van der Waals surface area contributed by atoms with Gasteiger partial charge in [-0.15, -0.1) is 0 Å². The van der Waals surface area contributed by atoms with Crippen LogP contribution < -0.4 is 5.32 Å². The summed E-state index contributed by atoms with van der Waals surface area (Å²) in [6.45, 7) is 1.72. The van der Waals surface area contributed by atoms with E-state index in [0.29, 0.717) is 6.42 Å². The summed E-state index contributed by atoms with van der Waals surface area (Å²) >= 11 is 0. The fraction of sp³-hybridized carbons (Fsp3) is 0.615. The summed E-state index contributed by atoms with van der Waals surface area (Å²) in [5.74, 6) is -4.60. The number of hydrogen-bond acceptors (Lipinski definition) is 3. The predicted octanol–water partition coefficient (Wildman–Crippen LogP) is 1.83. The monoisotopic (exact) mass is 321 g/mol. The number of imidazole rings is 1. The van der Waals surface area contributed by atoms with Crippen molar-refractivity contribution in [3.63, 3.8) is 0 Å². The predicted molar refractivity (Wildman–Crippen MR) is 71.1 cm³/mol. The van der Waals surface area contributed by atoms with Crippen LogP contribution in [0.3, 0.4) is 0 Å². The molecule has 6 nitrogen and oxygen atoms in total. The Balaban J connectivity index is 2.85. The summed E-state index contributed by atoms with van der Waals surface area (Å²) in [7, 11) is 1.40. The molecule has 1 heterocycles. The van der Waals surface area contributed by atoms with Gasteiger partial charge in [0.05, 0.1) is 0 Å². The third-order valence-electron chi connectivity index (χ3n) is 3.17. The van der Waals surface area contributed by atoms with Crippen LogP contribution in [0.1, 0.15) is 37.9 Å². The molecular formula is C13H18F3N3O3. The van der Waals surface area contributed by atoms with Crippen LogP contribution in [-0.2, 0) is 16.6 Å². The number of aryl methyl sites for hydroxylation is 1. The number of halogens is 3. The normalized spacial score (nSPS) is 14.4. The summed E-state index contributed by atoms with van der Waals surface area (Å²) < 4.78 is 40.5. The van der Waals surface area contributed by atoms with E-state index in [1.807, 2.05) is 0 Å². The highest BCUT2D eigenvalue weighted by Gasteiger charge is 2.44. The van der Waals surface area contributed by atoms with Crippen molar-refractivity contribution < 1.29 is 27.9 Å². The van der Waals surface area contributed by atoms with Crippen LogP contribution in [-0.4, -0.2) is 38.8 Å². The number of aromatic nitrogens is 2. The van der Waals surface area contributed by atoms with E-state index in [1.54, 1.807) is 6.92 Å². The standard InChI is InChI=1S/C13H18F3N3O3/c1-3-4-9(12(21)22)18-10(20)7-8(13(14,15)16)11-17-5-6-19(11)2/h5-6,8-9H,3-4,7H2,1-2H3,(H,18,20)(H,21,22)/t8-,9+/m0/s1. The van der Waals surface area contributed by atoms with Gasteiger partial charge in [0.2, 0.25) is 5.91 Å². The molecule has 0 bridgehead atoms. The number of nitrogens with zero attached hydrogens (tertiary/aromatic N) is 2. The van der Waals surface area contributed by atoms with Gasteiger partial charge in [0, 0.05) is 25.9 Å². The summed E-state index contributed by atoms with van der Waals surface area (Å²) in [4.78, 5) is 26.4. The minimum absolute atomic E-state index is 0.153. The minimum Gasteiger partial charge on any atom is -0.480 e. The van der Waals surface area contributed by atoms with E-state index >= 15 is 0 Å². The van der Waals surface area contributed by atoms with Gasteiger partial charge in [-0.05, 0) is 6.42 Å². The average molecular weight is 321 g/mol. The maximum atomic E-state index is 13.1. The minimum atomic E-state index is -4.65. The van der Waals surface area contributed by atoms with Crippen molar-refractivity contribution in [2.24, 2.45) is 7.05 Å². The van der Waals surface area contributed by atoms with Crippen LogP contribution in [0.15, 0.2) is 12.4 Å². The molecule has 0 radical (unpaired) electrons. The van der Waals surface area contributed by atoms with Crippen LogP contribution in [0, 0.1) is 0 Å². The molecule has 0 aliphatic rings. The Hall–Kier alpha value is -2.06. The van der Waals surface area contributed by atoms with Gasteiger partial charge in [-0.3, -0.25) is 4.79 Å². The molecule has 2 N–H and O–H groups in total. The van der Waals surface area contributed by atoms with Crippen molar-refractivity contribution in [1.29, 1.82) is 0 Å². The Morgan fingerprint density at radius 1 is 1.45 bits per heavy atom. The number of carbonyl (C=O) groups excluding carboxylic acids is 1. The molecule has 124 valence electrons. The first kappa shape index (κ1) is 18.0. The molecular weight excluding hydrogens is 303 g/mol. The Kier molecular flexibility index (Phi) is 5.95. The lowest BCUT2D eigenvalue weighted by molar-refractivity contribution is -0.159. The number of aliphatic carboxylic acids is 1. The fourth-order valence-corrected chi connectivity index (χ4v) is 2.05. The van der Waals surface area contributed by atoms with E-state index in [4.69, 9.17) is 5.11 Å². The molecule has 0 fully saturated rings. The molecule has 0 spiro atoms. The second-order valence-corrected chi connectivity index (χ2v) is 4.94. The molecule has 0 aromatic carbocycles. The molecule has 1 amide bonds. The van der Waals surface area contributed by atoms with Crippen LogP contribution in [0.4, 0.5) is 13.2 Å². The van der Waals surface area contributed by atoms with E-state index in [-0.39, 0.29) is 12.2 Å².